The Morgan fingerprint density at radius 2 is 1.86 bits per heavy atom. The molecule has 3 heterocycles. The van der Waals surface area contributed by atoms with Crippen LogP contribution in [0.15, 0.2) is 59.6 Å². The van der Waals surface area contributed by atoms with Crippen LogP contribution in [0, 0.1) is 6.92 Å². The zero-order chi connectivity index (χ0) is 26.2. The fourth-order valence-electron chi connectivity index (χ4n) is 5.30. The molecule has 9 nitrogen and oxygen atoms in total. The van der Waals surface area contributed by atoms with E-state index in [-0.39, 0.29) is 11.9 Å². The van der Waals surface area contributed by atoms with E-state index < -0.39 is 17.0 Å². The Morgan fingerprint density at radius 1 is 1.14 bits per heavy atom. The molecule has 1 aromatic carbocycles. The topological polar surface area (TPSA) is 137 Å². The Labute approximate surface area is 218 Å². The van der Waals surface area contributed by atoms with Crippen LogP contribution in [0.3, 0.4) is 0 Å². The molecule has 0 bridgehead atoms. The predicted octanol–water partition coefficient (Wildman–Crippen LogP) is 5.22. The molecule has 196 valence electrons. The van der Waals surface area contributed by atoms with Gasteiger partial charge >= 0.3 is 0 Å². The highest BCUT2D eigenvalue weighted by Gasteiger charge is 2.34. The first kappa shape index (κ1) is 25.3. The lowest BCUT2D eigenvalue weighted by atomic mass is 10.0. The molecule has 1 fully saturated rings. The van der Waals surface area contributed by atoms with Crippen LogP contribution in [-0.4, -0.2) is 43.6 Å². The number of nitrogens with two attached hydrogens (primary N) is 1. The van der Waals surface area contributed by atoms with Gasteiger partial charge in [0.2, 0.25) is 5.88 Å². The molecule has 5 rings (SSSR count). The van der Waals surface area contributed by atoms with Crippen molar-refractivity contribution < 1.29 is 18.9 Å². The van der Waals surface area contributed by atoms with E-state index in [1.54, 1.807) is 42.6 Å². The van der Waals surface area contributed by atoms with E-state index in [1.807, 2.05) is 19.1 Å². The van der Waals surface area contributed by atoms with E-state index in [1.165, 1.54) is 7.11 Å². The van der Waals surface area contributed by atoms with Crippen LogP contribution in [0.2, 0.25) is 0 Å². The highest BCUT2D eigenvalue weighted by Crippen LogP contribution is 2.49. The molecule has 1 aliphatic carbocycles. The number of aliphatic hydroxyl groups is 1. The number of hydrogen-bond acceptors (Lipinski definition) is 9. The number of allylic oxidation sites excluding steroid dienone is 1. The van der Waals surface area contributed by atoms with Gasteiger partial charge in [-0.2, -0.15) is 0 Å². The first-order valence-corrected chi connectivity index (χ1v) is 13.9. The molecule has 2 aliphatic rings. The second-order valence-corrected chi connectivity index (χ2v) is 11.2. The van der Waals surface area contributed by atoms with Crippen LogP contribution in [0.25, 0.3) is 5.57 Å². The van der Waals surface area contributed by atoms with Gasteiger partial charge in [0.25, 0.3) is 0 Å². The summed E-state index contributed by atoms with van der Waals surface area (Å²) in [5.41, 5.74) is 10.6. The van der Waals surface area contributed by atoms with Crippen molar-refractivity contribution in [3.63, 3.8) is 0 Å². The zero-order valence-corrected chi connectivity index (χ0v) is 21.8. The minimum Gasteiger partial charge on any atom is -0.479 e. The fraction of sp³-hybridized carbons (Fsp3) is 0.333. The second-order valence-electron chi connectivity index (χ2n) is 9.46. The average Bonchev–Trinajstić information content (AvgIpc) is 3.35. The van der Waals surface area contributed by atoms with Crippen LogP contribution >= 0.6 is 10.8 Å². The van der Waals surface area contributed by atoms with E-state index in [9.17, 15) is 14.2 Å². The first-order valence-electron chi connectivity index (χ1n) is 12.4. The second kappa shape index (κ2) is 10.2. The maximum atomic E-state index is 11.8. The number of aryl methyl sites for hydroxylation is 1. The van der Waals surface area contributed by atoms with Gasteiger partial charge in [0.05, 0.1) is 12.0 Å². The number of nitrogens with zero attached hydrogens (tertiary/aromatic N) is 3. The van der Waals surface area contributed by atoms with Crippen LogP contribution in [0.4, 0.5) is 17.2 Å². The Kier molecular flexibility index (Phi) is 7.00. The number of hydrogen-bond donors (Lipinski definition) is 5. The molecule has 0 spiro atoms. The number of ether oxygens (including phenoxy) is 1. The molecule has 2 aromatic heterocycles. The van der Waals surface area contributed by atoms with Gasteiger partial charge in [0.15, 0.2) is 6.23 Å². The van der Waals surface area contributed by atoms with Gasteiger partial charge in [-0.1, -0.05) is 47.9 Å². The lowest BCUT2D eigenvalue weighted by Crippen LogP contribution is -2.43. The van der Waals surface area contributed by atoms with Crippen molar-refractivity contribution in [3.8, 4) is 5.88 Å². The number of nitrogens with one attached hydrogen (secondary N) is 1. The van der Waals surface area contributed by atoms with Crippen molar-refractivity contribution in [3.05, 3.63) is 71.6 Å². The van der Waals surface area contributed by atoms with Gasteiger partial charge in [-0.05, 0) is 44.4 Å². The molecule has 1 aliphatic heterocycles. The van der Waals surface area contributed by atoms with Gasteiger partial charge in [-0.25, -0.2) is 9.97 Å². The summed E-state index contributed by atoms with van der Waals surface area (Å²) in [5, 5.41) is 11.8. The number of rotatable bonds is 6. The predicted molar refractivity (Wildman–Crippen MR) is 148 cm³/mol. The van der Waals surface area contributed by atoms with Crippen molar-refractivity contribution in [2.24, 2.45) is 0 Å². The van der Waals surface area contributed by atoms with Crippen molar-refractivity contribution in [1.82, 2.24) is 9.97 Å². The van der Waals surface area contributed by atoms with Crippen LogP contribution in [-0.2, 0) is 6.42 Å². The van der Waals surface area contributed by atoms with Crippen LogP contribution in [0.5, 0.6) is 5.88 Å². The number of fused-ring (bicyclic) bond motifs is 1. The van der Waals surface area contributed by atoms with E-state index in [0.29, 0.717) is 34.0 Å². The smallest absolute Gasteiger partial charge is 0.238 e. The molecule has 6 N–H and O–H groups in total. The maximum absolute atomic E-state index is 11.8. The Bertz CT molecular complexity index is 1310. The largest absolute Gasteiger partial charge is 0.479 e. The summed E-state index contributed by atoms with van der Waals surface area (Å²) in [7, 11) is -1.90. The third kappa shape index (κ3) is 4.97. The van der Waals surface area contributed by atoms with E-state index in [0.717, 1.165) is 42.6 Å². The van der Waals surface area contributed by atoms with Gasteiger partial charge in [-0.15, -0.1) is 0 Å². The number of aromatic nitrogens is 2. The monoisotopic (exact) mass is 523 g/mol. The minimum atomic E-state index is -3.38. The number of pyridine rings is 2. The third-order valence-electron chi connectivity index (χ3n) is 7.09. The third-order valence-corrected chi connectivity index (χ3v) is 8.53. The molecule has 10 heteroatoms. The summed E-state index contributed by atoms with van der Waals surface area (Å²) < 4.78 is 30.0. The lowest BCUT2D eigenvalue weighted by Gasteiger charge is -2.37. The molecule has 0 radical (unpaired) electrons. The SMILES string of the molecule is COc1ncc(C2=CCc3c(cc(N)nc3C)N(C3CCCC3)C2O)cc1NS(O)(O)c1ccccc1. The molecule has 0 saturated heterocycles. The quantitative estimate of drug-likeness (QED) is 0.294. The summed E-state index contributed by atoms with van der Waals surface area (Å²) in [5.74, 6) is 0.644. The van der Waals surface area contributed by atoms with Crippen molar-refractivity contribution in [2.45, 2.75) is 56.2 Å². The summed E-state index contributed by atoms with van der Waals surface area (Å²) in [4.78, 5) is 11.3. The summed E-state index contributed by atoms with van der Waals surface area (Å²) in [6, 6.07) is 12.3. The molecule has 3 aromatic rings. The van der Waals surface area contributed by atoms with Gasteiger partial charge in [0, 0.05) is 46.4 Å². The van der Waals surface area contributed by atoms with E-state index in [2.05, 4.69) is 19.6 Å². The Balaban J connectivity index is 1.56. The van der Waals surface area contributed by atoms with Crippen molar-refractivity contribution in [1.29, 1.82) is 0 Å². The first-order chi connectivity index (χ1) is 17.8. The number of nitrogen functional groups attached to an aromatic ring is 1. The molecular weight excluding hydrogens is 490 g/mol. The van der Waals surface area contributed by atoms with Gasteiger partial charge in [0.1, 0.15) is 11.5 Å². The molecule has 1 saturated carbocycles. The fourth-order valence-corrected chi connectivity index (χ4v) is 6.41. The van der Waals surface area contributed by atoms with Crippen LogP contribution in [0.1, 0.15) is 42.5 Å². The minimum absolute atomic E-state index is 0.172. The summed E-state index contributed by atoms with van der Waals surface area (Å²) in [6.45, 7) is 1.94. The van der Waals surface area contributed by atoms with Crippen molar-refractivity contribution >= 4 is 33.5 Å². The lowest BCUT2D eigenvalue weighted by molar-refractivity contribution is 0.213. The molecule has 37 heavy (non-hydrogen) atoms. The number of benzene rings is 1. The number of aliphatic hydroxyl groups excluding tert-OH is 1. The standard InChI is InChI=1S/C27H33N5O4S/c1-17-21-12-13-22(27(33)32(19-8-6-7-9-19)24(21)15-25(28)30-17)18-14-23(26(36-2)29-16-18)31-37(34,35)20-10-4-3-5-11-20/h3-5,10-11,13-16,19,27,31,33-35H,6-9,12H2,1-2H3,(H2,28,30). The molecule has 0 amide bonds. The van der Waals surface area contributed by atoms with E-state index >= 15 is 0 Å². The summed E-state index contributed by atoms with van der Waals surface area (Å²) >= 11 is 0. The average molecular weight is 524 g/mol. The highest BCUT2D eigenvalue weighted by atomic mass is 32.3. The summed E-state index contributed by atoms with van der Waals surface area (Å²) in [6.07, 6.45) is 7.43. The maximum Gasteiger partial charge on any atom is 0.238 e. The Hall–Kier alpha value is -3.31. The highest BCUT2D eigenvalue weighted by molar-refractivity contribution is 8.25. The van der Waals surface area contributed by atoms with Crippen LogP contribution < -0.4 is 20.1 Å². The Morgan fingerprint density at radius 3 is 2.57 bits per heavy atom. The normalized spacial score (nSPS) is 18.7. The van der Waals surface area contributed by atoms with Gasteiger partial charge in [-0.3, -0.25) is 13.8 Å². The molecule has 1 unspecified atom stereocenters. The number of anilines is 3. The van der Waals surface area contributed by atoms with E-state index in [4.69, 9.17) is 10.5 Å². The zero-order valence-electron chi connectivity index (χ0n) is 21.0. The number of methoxy groups -OCH3 is 1. The van der Waals surface area contributed by atoms with Gasteiger partial charge < -0.3 is 20.5 Å². The molecule has 1 atom stereocenters. The molecular formula is C27H33N5O4S. The van der Waals surface area contributed by atoms with Crippen molar-refractivity contribution in [2.75, 3.05) is 22.5 Å².